The molecule has 0 heterocycles. The first-order valence-electron chi connectivity index (χ1n) is 8.16. The second-order valence-corrected chi connectivity index (χ2v) is 5.88. The van der Waals surface area contributed by atoms with Crippen molar-refractivity contribution in [2.75, 3.05) is 19.0 Å². The van der Waals surface area contributed by atoms with E-state index in [1.807, 2.05) is 6.07 Å². The molecule has 7 nitrogen and oxygen atoms in total. The molecule has 144 valence electrons. The number of carboxylic acids is 1. The third-order valence-electron chi connectivity index (χ3n) is 3.58. The fraction of sp³-hybridized carbons (Fsp3) is 0.150. The molecule has 2 rings (SSSR count). The standard InChI is InChI=1S/C20H17ClN2O5/c1-3-28-18-16(21)8-12(9-17(18)27-2)7-14(11-22)19(24)23-15-6-4-5-13(10-15)20(25)26/h4-10H,3H2,1-2H3,(H,23,24)(H,25,26)/b14-7-. The van der Waals surface area contributed by atoms with E-state index in [9.17, 15) is 14.9 Å². The third kappa shape index (κ3) is 5.02. The highest BCUT2D eigenvalue weighted by molar-refractivity contribution is 6.32. The molecule has 0 spiro atoms. The van der Waals surface area contributed by atoms with E-state index < -0.39 is 11.9 Å². The van der Waals surface area contributed by atoms with Crippen molar-refractivity contribution >= 4 is 35.2 Å². The van der Waals surface area contributed by atoms with Crippen molar-refractivity contribution in [2.24, 2.45) is 0 Å². The van der Waals surface area contributed by atoms with E-state index in [1.165, 1.54) is 37.5 Å². The molecule has 28 heavy (non-hydrogen) atoms. The van der Waals surface area contributed by atoms with Crippen LogP contribution in [0.5, 0.6) is 11.5 Å². The monoisotopic (exact) mass is 400 g/mol. The number of rotatable bonds is 7. The van der Waals surface area contributed by atoms with E-state index in [2.05, 4.69) is 5.32 Å². The minimum absolute atomic E-state index is 0.0170. The van der Waals surface area contributed by atoms with Crippen molar-refractivity contribution in [1.82, 2.24) is 0 Å². The number of halogens is 1. The Morgan fingerprint density at radius 3 is 2.68 bits per heavy atom. The topological polar surface area (TPSA) is 109 Å². The summed E-state index contributed by atoms with van der Waals surface area (Å²) in [5, 5.41) is 21.1. The van der Waals surface area contributed by atoms with Gasteiger partial charge in [-0.25, -0.2) is 4.79 Å². The average molecular weight is 401 g/mol. The van der Waals surface area contributed by atoms with Crippen LogP contribution in [-0.2, 0) is 4.79 Å². The average Bonchev–Trinajstić information content (AvgIpc) is 2.67. The first kappa shape index (κ1) is 20.8. The molecule has 0 saturated heterocycles. The van der Waals surface area contributed by atoms with Crippen LogP contribution in [0, 0.1) is 11.3 Å². The van der Waals surface area contributed by atoms with Crippen molar-refractivity contribution in [3.05, 3.63) is 58.1 Å². The highest BCUT2D eigenvalue weighted by atomic mass is 35.5. The molecule has 0 aliphatic heterocycles. The second kappa shape index (κ2) is 9.44. The van der Waals surface area contributed by atoms with E-state index in [0.29, 0.717) is 23.7 Å². The number of methoxy groups -OCH3 is 1. The lowest BCUT2D eigenvalue weighted by molar-refractivity contribution is -0.112. The molecule has 0 saturated carbocycles. The van der Waals surface area contributed by atoms with E-state index in [4.69, 9.17) is 26.2 Å². The Bertz CT molecular complexity index is 979. The van der Waals surface area contributed by atoms with E-state index in [1.54, 1.807) is 19.1 Å². The first-order chi connectivity index (χ1) is 13.4. The summed E-state index contributed by atoms with van der Waals surface area (Å²) in [6.45, 7) is 2.20. The number of carbonyl (C=O) groups is 2. The number of nitriles is 1. The number of nitrogens with one attached hydrogen (secondary N) is 1. The number of hydrogen-bond donors (Lipinski definition) is 2. The van der Waals surface area contributed by atoms with Gasteiger partial charge in [0.15, 0.2) is 11.5 Å². The quantitative estimate of drug-likeness (QED) is 0.537. The van der Waals surface area contributed by atoms with Gasteiger partial charge >= 0.3 is 5.97 Å². The minimum atomic E-state index is -1.12. The number of carbonyl (C=O) groups excluding carboxylic acids is 1. The molecule has 0 atom stereocenters. The van der Waals surface area contributed by atoms with Gasteiger partial charge in [-0.1, -0.05) is 17.7 Å². The number of anilines is 1. The highest BCUT2D eigenvalue weighted by Crippen LogP contribution is 2.37. The molecule has 0 fully saturated rings. The maximum Gasteiger partial charge on any atom is 0.335 e. The Labute approximate surface area is 166 Å². The summed E-state index contributed by atoms with van der Waals surface area (Å²) in [6.07, 6.45) is 1.35. The van der Waals surface area contributed by atoms with Crippen LogP contribution >= 0.6 is 11.6 Å². The van der Waals surface area contributed by atoms with Crippen LogP contribution in [0.2, 0.25) is 5.02 Å². The van der Waals surface area contributed by atoms with Gasteiger partial charge in [-0.2, -0.15) is 5.26 Å². The van der Waals surface area contributed by atoms with Gasteiger partial charge in [0, 0.05) is 5.69 Å². The van der Waals surface area contributed by atoms with Crippen molar-refractivity contribution in [1.29, 1.82) is 5.26 Å². The zero-order valence-corrected chi connectivity index (χ0v) is 15.9. The van der Waals surface area contributed by atoms with E-state index >= 15 is 0 Å². The SMILES string of the molecule is CCOc1c(Cl)cc(/C=C(/C#N)C(=O)Nc2cccc(C(=O)O)c2)cc1OC. The maximum atomic E-state index is 12.4. The van der Waals surface area contributed by atoms with E-state index in [-0.39, 0.29) is 21.8 Å². The lowest BCUT2D eigenvalue weighted by Crippen LogP contribution is -2.14. The minimum Gasteiger partial charge on any atom is -0.493 e. The first-order valence-corrected chi connectivity index (χ1v) is 8.54. The van der Waals surface area contributed by atoms with Gasteiger partial charge in [0.1, 0.15) is 11.6 Å². The van der Waals surface area contributed by atoms with Gasteiger partial charge < -0.3 is 19.9 Å². The van der Waals surface area contributed by atoms with Crippen LogP contribution in [0.15, 0.2) is 42.0 Å². The van der Waals surface area contributed by atoms with Crippen LogP contribution < -0.4 is 14.8 Å². The number of hydrogen-bond acceptors (Lipinski definition) is 5. The molecule has 0 aliphatic carbocycles. The van der Waals surface area contributed by atoms with Gasteiger partial charge in [-0.3, -0.25) is 4.79 Å². The summed E-state index contributed by atoms with van der Waals surface area (Å²) in [5.74, 6) is -1.07. The fourth-order valence-electron chi connectivity index (χ4n) is 2.35. The zero-order valence-electron chi connectivity index (χ0n) is 15.2. The predicted molar refractivity (Wildman–Crippen MR) is 105 cm³/mol. The highest BCUT2D eigenvalue weighted by Gasteiger charge is 2.14. The lowest BCUT2D eigenvalue weighted by Gasteiger charge is -2.12. The smallest absolute Gasteiger partial charge is 0.335 e. The molecule has 8 heteroatoms. The molecule has 0 bridgehead atoms. The Morgan fingerprint density at radius 2 is 2.07 bits per heavy atom. The normalized spacial score (nSPS) is 10.7. The molecule has 1 amide bonds. The Balaban J connectivity index is 2.32. The Kier molecular flexibility index (Phi) is 7.02. The summed E-state index contributed by atoms with van der Waals surface area (Å²) in [7, 11) is 1.45. The third-order valence-corrected chi connectivity index (χ3v) is 3.86. The van der Waals surface area contributed by atoms with Crippen LogP contribution in [-0.4, -0.2) is 30.7 Å². The Hall–Kier alpha value is -3.50. The largest absolute Gasteiger partial charge is 0.493 e. The van der Waals surface area contributed by atoms with Crippen molar-refractivity contribution in [2.45, 2.75) is 6.92 Å². The van der Waals surface area contributed by atoms with Gasteiger partial charge in [0.05, 0.1) is 24.3 Å². The molecular formula is C20H17ClN2O5. The molecule has 2 aromatic rings. The van der Waals surface area contributed by atoms with Crippen molar-refractivity contribution in [3.63, 3.8) is 0 Å². The summed E-state index contributed by atoms with van der Waals surface area (Å²) < 4.78 is 10.7. The molecular weight excluding hydrogens is 384 g/mol. The van der Waals surface area contributed by atoms with Crippen LogP contribution in [0.1, 0.15) is 22.8 Å². The number of amides is 1. The molecule has 0 unspecified atom stereocenters. The van der Waals surface area contributed by atoms with Crippen molar-refractivity contribution < 1.29 is 24.2 Å². The van der Waals surface area contributed by atoms with Crippen molar-refractivity contribution in [3.8, 4) is 17.6 Å². The number of carboxylic acid groups (broad SMARTS) is 1. The van der Waals surface area contributed by atoms with E-state index in [0.717, 1.165) is 0 Å². The number of aromatic carboxylic acids is 1. The number of nitrogens with zero attached hydrogens (tertiary/aromatic N) is 1. The van der Waals surface area contributed by atoms with Gasteiger partial charge in [-0.05, 0) is 48.9 Å². The predicted octanol–water partition coefficient (Wildman–Crippen LogP) is 3.99. The molecule has 2 N–H and O–H groups in total. The summed E-state index contributed by atoms with van der Waals surface area (Å²) in [5.41, 5.74) is 0.552. The molecule has 0 aliphatic rings. The van der Waals surface area contributed by atoms with Crippen LogP contribution in [0.4, 0.5) is 5.69 Å². The van der Waals surface area contributed by atoms with Gasteiger partial charge in [0.2, 0.25) is 0 Å². The summed E-state index contributed by atoms with van der Waals surface area (Å²) in [4.78, 5) is 23.4. The maximum absolute atomic E-state index is 12.4. The van der Waals surface area contributed by atoms with Gasteiger partial charge in [-0.15, -0.1) is 0 Å². The Morgan fingerprint density at radius 1 is 1.32 bits per heavy atom. The lowest BCUT2D eigenvalue weighted by atomic mass is 10.1. The number of benzene rings is 2. The molecule has 0 aromatic heterocycles. The van der Waals surface area contributed by atoms with Gasteiger partial charge in [0.25, 0.3) is 5.91 Å². The fourth-order valence-corrected chi connectivity index (χ4v) is 2.62. The molecule has 2 aromatic carbocycles. The summed E-state index contributed by atoms with van der Waals surface area (Å²) >= 11 is 6.20. The number of ether oxygens (including phenoxy) is 2. The van der Waals surface area contributed by atoms with Crippen LogP contribution in [0.3, 0.4) is 0 Å². The zero-order chi connectivity index (χ0) is 20.7. The summed E-state index contributed by atoms with van der Waals surface area (Å²) in [6, 6.07) is 10.7. The molecule has 0 radical (unpaired) electrons. The second-order valence-electron chi connectivity index (χ2n) is 5.48. The van der Waals surface area contributed by atoms with Crippen LogP contribution in [0.25, 0.3) is 6.08 Å².